The van der Waals surface area contributed by atoms with Crippen LogP contribution >= 0.6 is 12.4 Å². The lowest BCUT2D eigenvalue weighted by Gasteiger charge is -2.52. The smallest absolute Gasteiger partial charge is 0.236 e. The summed E-state index contributed by atoms with van der Waals surface area (Å²) in [5, 5.41) is 11.5. The van der Waals surface area contributed by atoms with Gasteiger partial charge in [0.15, 0.2) is 0 Å². The molecule has 1 aromatic carbocycles. The van der Waals surface area contributed by atoms with Crippen LogP contribution in [0.2, 0.25) is 0 Å². The fourth-order valence-corrected chi connectivity index (χ4v) is 6.07. The van der Waals surface area contributed by atoms with E-state index in [2.05, 4.69) is 47.9 Å². The summed E-state index contributed by atoms with van der Waals surface area (Å²) in [5.74, 6) is 0.476. The first kappa shape index (κ1) is 24.3. The largest absolute Gasteiger partial charge is 0.389 e. The van der Waals surface area contributed by atoms with Gasteiger partial charge in [-0.15, -0.1) is 12.4 Å². The molecule has 5 nitrogen and oxygen atoms in total. The molecule has 1 amide bonds. The number of anilines is 1. The number of likely N-dealkylation sites (tertiary alicyclic amines) is 2. The summed E-state index contributed by atoms with van der Waals surface area (Å²) < 4.78 is 0. The average Bonchev–Trinajstić information content (AvgIpc) is 3.30. The van der Waals surface area contributed by atoms with Gasteiger partial charge in [0.2, 0.25) is 5.91 Å². The first-order valence-corrected chi connectivity index (χ1v) is 12.1. The number of rotatable bonds is 6. The molecule has 0 bridgehead atoms. The van der Waals surface area contributed by atoms with E-state index in [9.17, 15) is 9.90 Å². The van der Waals surface area contributed by atoms with Crippen molar-refractivity contribution in [3.05, 3.63) is 29.8 Å². The van der Waals surface area contributed by atoms with E-state index in [4.69, 9.17) is 0 Å². The number of hydrogen-bond donors (Lipinski definition) is 1. The van der Waals surface area contributed by atoms with Crippen molar-refractivity contribution in [1.82, 2.24) is 9.80 Å². The second kappa shape index (κ2) is 10.5. The Labute approximate surface area is 194 Å². The van der Waals surface area contributed by atoms with Crippen LogP contribution in [0.4, 0.5) is 5.69 Å². The van der Waals surface area contributed by atoms with Gasteiger partial charge in [-0.3, -0.25) is 9.69 Å². The third-order valence-corrected chi connectivity index (χ3v) is 7.83. The summed E-state index contributed by atoms with van der Waals surface area (Å²) in [4.78, 5) is 19.7. The number of amides is 1. The van der Waals surface area contributed by atoms with Crippen LogP contribution < -0.4 is 4.90 Å². The molecule has 2 saturated heterocycles. The lowest BCUT2D eigenvalue weighted by Crippen LogP contribution is -2.56. The Morgan fingerprint density at radius 3 is 2.35 bits per heavy atom. The molecule has 0 spiro atoms. The van der Waals surface area contributed by atoms with Crippen LogP contribution in [0.3, 0.4) is 0 Å². The number of piperidine rings is 1. The third kappa shape index (κ3) is 5.04. The molecule has 6 heteroatoms. The van der Waals surface area contributed by atoms with Crippen molar-refractivity contribution in [2.24, 2.45) is 5.92 Å². The van der Waals surface area contributed by atoms with Crippen molar-refractivity contribution in [1.29, 1.82) is 0 Å². The number of benzene rings is 1. The molecule has 2 heterocycles. The number of aliphatic hydroxyl groups is 1. The van der Waals surface area contributed by atoms with Gasteiger partial charge in [-0.1, -0.05) is 25.0 Å². The Kier molecular flexibility index (Phi) is 8.28. The normalized spacial score (nSPS) is 28.7. The maximum atomic E-state index is 13.0. The van der Waals surface area contributed by atoms with E-state index >= 15 is 0 Å². The van der Waals surface area contributed by atoms with E-state index in [1.807, 2.05) is 4.90 Å². The highest BCUT2D eigenvalue weighted by molar-refractivity contribution is 5.85. The summed E-state index contributed by atoms with van der Waals surface area (Å²) in [5.41, 5.74) is 1.93. The summed E-state index contributed by atoms with van der Waals surface area (Å²) in [6.07, 6.45) is 7.29. The van der Waals surface area contributed by atoms with Crippen molar-refractivity contribution in [2.45, 2.75) is 70.4 Å². The Balaban J connectivity index is 0.00000272. The molecule has 0 aromatic heterocycles. The molecular formula is C25H40ClN3O2. The standard InChI is InChI=1S/C25H39N3O2.ClH/c1-3-26(4-2)21-12-10-20(11-13-21)24-22-9-5-6-14-25(22,30)15-18-28(24)19-23(29)27-16-7-8-17-27;/h10-13,22,24,30H,3-9,14-19H2,1-2H3;1H/t22-,24-,25-;/m0./s1. The van der Waals surface area contributed by atoms with Crippen LogP contribution in [0.1, 0.15) is 70.4 Å². The van der Waals surface area contributed by atoms with Gasteiger partial charge in [0.1, 0.15) is 0 Å². The zero-order chi connectivity index (χ0) is 21.1. The molecule has 3 fully saturated rings. The molecule has 2 aliphatic heterocycles. The van der Waals surface area contributed by atoms with E-state index < -0.39 is 5.60 Å². The quantitative estimate of drug-likeness (QED) is 0.705. The number of nitrogens with zero attached hydrogens (tertiary/aromatic N) is 3. The fourth-order valence-electron chi connectivity index (χ4n) is 6.07. The summed E-state index contributed by atoms with van der Waals surface area (Å²) in [7, 11) is 0. The van der Waals surface area contributed by atoms with Gasteiger partial charge in [-0.25, -0.2) is 0 Å². The SMILES string of the molecule is CCN(CC)c1ccc([C@H]2[C@@H]3CCCC[C@]3(O)CCN2CC(=O)N2CCCC2)cc1.Cl. The molecule has 1 aromatic rings. The van der Waals surface area contributed by atoms with E-state index in [0.717, 1.165) is 71.2 Å². The highest BCUT2D eigenvalue weighted by Crippen LogP contribution is 2.49. The van der Waals surface area contributed by atoms with Gasteiger partial charge in [-0.05, 0) is 63.6 Å². The van der Waals surface area contributed by atoms with E-state index in [1.54, 1.807) is 0 Å². The molecule has 174 valence electrons. The Morgan fingerprint density at radius 2 is 1.71 bits per heavy atom. The van der Waals surface area contributed by atoms with Crippen LogP contribution in [0.25, 0.3) is 0 Å². The predicted molar refractivity (Wildman–Crippen MR) is 129 cm³/mol. The first-order chi connectivity index (χ1) is 14.6. The molecule has 0 unspecified atom stereocenters. The highest BCUT2D eigenvalue weighted by atomic mass is 35.5. The summed E-state index contributed by atoms with van der Waals surface area (Å²) in [6.45, 7) is 9.46. The zero-order valence-corrected chi connectivity index (χ0v) is 20.1. The Hall–Kier alpha value is -1.30. The molecule has 1 N–H and O–H groups in total. The third-order valence-electron chi connectivity index (χ3n) is 7.83. The molecule has 3 aliphatic rings. The Morgan fingerprint density at radius 1 is 1.03 bits per heavy atom. The number of carbonyl (C=O) groups excluding carboxylic acids is 1. The molecule has 0 radical (unpaired) electrons. The minimum absolute atomic E-state index is 0. The molecule has 1 saturated carbocycles. The maximum Gasteiger partial charge on any atom is 0.236 e. The highest BCUT2D eigenvalue weighted by Gasteiger charge is 2.49. The van der Waals surface area contributed by atoms with Crippen LogP contribution in [0, 0.1) is 5.92 Å². The van der Waals surface area contributed by atoms with E-state index in [0.29, 0.717) is 6.54 Å². The second-order valence-corrected chi connectivity index (χ2v) is 9.47. The van der Waals surface area contributed by atoms with Crippen LogP contribution in [0.5, 0.6) is 0 Å². The van der Waals surface area contributed by atoms with Crippen molar-refractivity contribution < 1.29 is 9.90 Å². The van der Waals surface area contributed by atoms with Crippen molar-refractivity contribution in [2.75, 3.05) is 44.2 Å². The van der Waals surface area contributed by atoms with Gasteiger partial charge in [0.05, 0.1) is 12.1 Å². The Bertz CT molecular complexity index is 718. The number of halogens is 1. The van der Waals surface area contributed by atoms with Crippen molar-refractivity contribution in [3.8, 4) is 0 Å². The second-order valence-electron chi connectivity index (χ2n) is 9.47. The topological polar surface area (TPSA) is 47.0 Å². The van der Waals surface area contributed by atoms with Crippen LogP contribution in [-0.2, 0) is 4.79 Å². The monoisotopic (exact) mass is 449 g/mol. The number of fused-ring (bicyclic) bond motifs is 1. The number of carbonyl (C=O) groups is 1. The van der Waals surface area contributed by atoms with Crippen molar-refractivity contribution >= 4 is 24.0 Å². The van der Waals surface area contributed by atoms with Crippen LogP contribution in [-0.4, -0.2) is 65.7 Å². The molecular weight excluding hydrogens is 410 g/mol. The lowest BCUT2D eigenvalue weighted by molar-refractivity contribution is -0.144. The lowest BCUT2D eigenvalue weighted by atomic mass is 9.66. The van der Waals surface area contributed by atoms with Gasteiger partial charge >= 0.3 is 0 Å². The molecule has 4 rings (SSSR count). The van der Waals surface area contributed by atoms with Gasteiger partial charge in [-0.2, -0.15) is 0 Å². The summed E-state index contributed by atoms with van der Waals surface area (Å²) in [6, 6.07) is 9.05. The number of hydrogen-bond acceptors (Lipinski definition) is 4. The molecule has 31 heavy (non-hydrogen) atoms. The minimum atomic E-state index is -0.576. The average molecular weight is 450 g/mol. The minimum Gasteiger partial charge on any atom is -0.389 e. The fraction of sp³-hybridized carbons (Fsp3) is 0.720. The molecule has 3 atom stereocenters. The molecule has 1 aliphatic carbocycles. The van der Waals surface area contributed by atoms with E-state index in [-0.39, 0.29) is 30.3 Å². The van der Waals surface area contributed by atoms with Gasteiger partial charge in [0.25, 0.3) is 0 Å². The zero-order valence-electron chi connectivity index (χ0n) is 19.3. The van der Waals surface area contributed by atoms with Gasteiger partial charge < -0.3 is 14.9 Å². The maximum absolute atomic E-state index is 13.0. The first-order valence-electron chi connectivity index (χ1n) is 12.1. The predicted octanol–water partition coefficient (Wildman–Crippen LogP) is 4.25. The van der Waals surface area contributed by atoms with Crippen molar-refractivity contribution in [3.63, 3.8) is 0 Å². The summed E-state index contributed by atoms with van der Waals surface area (Å²) >= 11 is 0. The van der Waals surface area contributed by atoms with Crippen LogP contribution in [0.15, 0.2) is 24.3 Å². The van der Waals surface area contributed by atoms with Gasteiger partial charge in [0, 0.05) is 50.4 Å². The van der Waals surface area contributed by atoms with E-state index in [1.165, 1.54) is 17.7 Å².